The van der Waals surface area contributed by atoms with E-state index < -0.39 is 0 Å². The summed E-state index contributed by atoms with van der Waals surface area (Å²) in [5.74, 6) is 2.36. The summed E-state index contributed by atoms with van der Waals surface area (Å²) in [7, 11) is 0. The Kier molecular flexibility index (Phi) is 7.41. The highest BCUT2D eigenvalue weighted by Gasteiger charge is 2.43. The minimum absolute atomic E-state index is 0.0474. The number of fused-ring (bicyclic) bond motifs is 1. The Morgan fingerprint density at radius 2 is 1.74 bits per heavy atom. The van der Waals surface area contributed by atoms with Crippen LogP contribution in [-0.4, -0.2) is 12.7 Å². The maximum atomic E-state index is 9.85. The van der Waals surface area contributed by atoms with Crippen molar-refractivity contribution in [3.05, 3.63) is 0 Å². The van der Waals surface area contributed by atoms with Gasteiger partial charge in [0.2, 0.25) is 0 Å². The van der Waals surface area contributed by atoms with Crippen molar-refractivity contribution in [1.29, 1.82) is 5.26 Å². The summed E-state index contributed by atoms with van der Waals surface area (Å²) in [6.07, 6.45) is 13.9. The van der Waals surface area contributed by atoms with E-state index in [-0.39, 0.29) is 5.41 Å². The van der Waals surface area contributed by atoms with E-state index in [2.05, 4.69) is 26.8 Å². The average molecular weight is 320 g/mol. The predicted octanol–water partition coefficient (Wildman–Crippen LogP) is 6.11. The van der Waals surface area contributed by atoms with Gasteiger partial charge in [0.15, 0.2) is 0 Å². The number of rotatable bonds is 8. The molecular weight excluding hydrogens is 282 g/mol. The Balaban J connectivity index is 1.89. The molecule has 132 valence electrons. The summed E-state index contributed by atoms with van der Waals surface area (Å²) < 4.78 is 6.10. The lowest BCUT2D eigenvalue weighted by molar-refractivity contribution is -0.0294. The van der Waals surface area contributed by atoms with Crippen molar-refractivity contribution in [2.75, 3.05) is 6.61 Å². The normalized spacial score (nSPS) is 33.5. The fourth-order valence-electron chi connectivity index (χ4n) is 5.24. The highest BCUT2D eigenvalue weighted by atomic mass is 16.5. The van der Waals surface area contributed by atoms with E-state index >= 15 is 0 Å². The first kappa shape index (κ1) is 18.8. The van der Waals surface area contributed by atoms with Crippen molar-refractivity contribution in [3.63, 3.8) is 0 Å². The molecule has 0 heterocycles. The molecule has 0 N–H and O–H groups in total. The van der Waals surface area contributed by atoms with Crippen LogP contribution in [0.3, 0.4) is 0 Å². The molecule has 0 aromatic carbocycles. The molecule has 0 aromatic rings. The maximum Gasteiger partial charge on any atom is 0.0692 e. The molecule has 1 unspecified atom stereocenters. The van der Waals surface area contributed by atoms with Gasteiger partial charge in [-0.2, -0.15) is 5.26 Å². The molecule has 0 radical (unpaired) electrons. The molecule has 2 heteroatoms. The summed E-state index contributed by atoms with van der Waals surface area (Å²) in [5.41, 5.74) is -0.0474. The van der Waals surface area contributed by atoms with Gasteiger partial charge in [-0.1, -0.05) is 33.6 Å². The van der Waals surface area contributed by atoms with Gasteiger partial charge in [-0.3, -0.25) is 0 Å². The third kappa shape index (κ3) is 4.50. The van der Waals surface area contributed by atoms with Crippen molar-refractivity contribution in [1.82, 2.24) is 0 Å². The number of hydrogen-bond acceptors (Lipinski definition) is 2. The molecule has 2 saturated carbocycles. The molecule has 0 bridgehead atoms. The fourth-order valence-corrected chi connectivity index (χ4v) is 5.24. The second-order valence-electron chi connectivity index (χ2n) is 8.06. The fraction of sp³-hybridized carbons (Fsp3) is 0.952. The summed E-state index contributed by atoms with van der Waals surface area (Å²) >= 11 is 0. The number of nitrogens with zero attached hydrogens (tertiary/aromatic N) is 1. The van der Waals surface area contributed by atoms with E-state index in [9.17, 15) is 5.26 Å². The topological polar surface area (TPSA) is 33.0 Å². The number of ether oxygens (including phenoxy) is 1. The van der Waals surface area contributed by atoms with E-state index in [0.29, 0.717) is 12.0 Å². The van der Waals surface area contributed by atoms with Crippen molar-refractivity contribution >= 4 is 0 Å². The molecule has 2 rings (SSSR count). The van der Waals surface area contributed by atoms with Crippen LogP contribution in [0.5, 0.6) is 0 Å². The van der Waals surface area contributed by atoms with Crippen LogP contribution in [0.1, 0.15) is 91.4 Å². The molecule has 2 nitrogen and oxygen atoms in total. The lowest BCUT2D eigenvalue weighted by Crippen LogP contribution is -2.39. The van der Waals surface area contributed by atoms with Crippen LogP contribution < -0.4 is 0 Å². The first-order valence-electron chi connectivity index (χ1n) is 10.2. The molecule has 2 fully saturated rings. The van der Waals surface area contributed by atoms with Crippen LogP contribution in [0.2, 0.25) is 0 Å². The van der Waals surface area contributed by atoms with Gasteiger partial charge in [-0.05, 0) is 75.5 Å². The highest BCUT2D eigenvalue weighted by molar-refractivity contribution is 5.04. The molecule has 0 aromatic heterocycles. The summed E-state index contributed by atoms with van der Waals surface area (Å²) in [6, 6.07) is 2.75. The molecule has 5 atom stereocenters. The van der Waals surface area contributed by atoms with Crippen LogP contribution in [0.25, 0.3) is 0 Å². The van der Waals surface area contributed by atoms with Crippen molar-refractivity contribution < 1.29 is 4.74 Å². The van der Waals surface area contributed by atoms with Gasteiger partial charge in [-0.15, -0.1) is 0 Å². The van der Waals surface area contributed by atoms with Crippen molar-refractivity contribution in [2.45, 2.75) is 97.5 Å². The second kappa shape index (κ2) is 9.07. The lowest BCUT2D eigenvalue weighted by atomic mass is 9.59. The zero-order valence-corrected chi connectivity index (χ0v) is 15.7. The van der Waals surface area contributed by atoms with Gasteiger partial charge >= 0.3 is 0 Å². The quantitative estimate of drug-likeness (QED) is 0.506. The zero-order chi connectivity index (χ0) is 16.7. The van der Waals surface area contributed by atoms with Crippen molar-refractivity contribution in [3.8, 4) is 6.07 Å². The third-order valence-corrected chi connectivity index (χ3v) is 6.75. The van der Waals surface area contributed by atoms with E-state index in [1.165, 1.54) is 51.4 Å². The molecule has 2 aliphatic carbocycles. The lowest BCUT2D eigenvalue weighted by Gasteiger charge is -2.46. The van der Waals surface area contributed by atoms with Gasteiger partial charge in [0, 0.05) is 6.61 Å². The number of unbranched alkanes of at least 4 members (excludes halogenated alkanes) is 1. The number of nitriles is 1. The van der Waals surface area contributed by atoms with Gasteiger partial charge in [-0.25, -0.2) is 0 Å². The van der Waals surface area contributed by atoms with Gasteiger partial charge < -0.3 is 4.74 Å². The Labute approximate surface area is 144 Å². The van der Waals surface area contributed by atoms with Crippen LogP contribution in [0.15, 0.2) is 0 Å². The van der Waals surface area contributed by atoms with Crippen LogP contribution in [0, 0.1) is 34.5 Å². The van der Waals surface area contributed by atoms with E-state index in [1.807, 2.05) is 0 Å². The highest BCUT2D eigenvalue weighted by Crippen LogP contribution is 2.51. The Morgan fingerprint density at radius 3 is 2.39 bits per heavy atom. The molecular formula is C21H37NO. The Hall–Kier alpha value is -0.550. The van der Waals surface area contributed by atoms with E-state index in [4.69, 9.17) is 4.74 Å². The van der Waals surface area contributed by atoms with Crippen LogP contribution >= 0.6 is 0 Å². The first-order valence-corrected chi connectivity index (χ1v) is 10.2. The van der Waals surface area contributed by atoms with Gasteiger partial charge in [0.1, 0.15) is 0 Å². The molecule has 0 spiro atoms. The van der Waals surface area contributed by atoms with Crippen LogP contribution in [0.4, 0.5) is 0 Å². The third-order valence-electron chi connectivity index (χ3n) is 6.75. The zero-order valence-electron chi connectivity index (χ0n) is 15.7. The standard InChI is InChI=1S/C21H37NO/c1-4-7-13-23-20-11-9-17-14-19(10-8-18(17)15-20)21(6-3,16-22)12-5-2/h17-20H,4-15H2,1-3H3/t17-,18-,19+,20-,21?/m0/s1. The largest absolute Gasteiger partial charge is 0.378 e. The monoisotopic (exact) mass is 319 g/mol. The Morgan fingerprint density at radius 1 is 1.00 bits per heavy atom. The van der Waals surface area contributed by atoms with Gasteiger partial charge in [0.25, 0.3) is 0 Å². The number of hydrogen-bond donors (Lipinski definition) is 0. The molecule has 2 aliphatic rings. The first-order chi connectivity index (χ1) is 11.2. The van der Waals surface area contributed by atoms with E-state index in [1.54, 1.807) is 0 Å². The maximum absolute atomic E-state index is 9.85. The molecule has 0 aliphatic heterocycles. The summed E-state index contributed by atoms with van der Waals surface area (Å²) in [4.78, 5) is 0. The predicted molar refractivity (Wildman–Crippen MR) is 96.1 cm³/mol. The summed E-state index contributed by atoms with van der Waals surface area (Å²) in [5, 5.41) is 9.85. The van der Waals surface area contributed by atoms with Crippen molar-refractivity contribution in [2.24, 2.45) is 23.2 Å². The Bertz CT molecular complexity index is 388. The van der Waals surface area contributed by atoms with Gasteiger partial charge in [0.05, 0.1) is 17.6 Å². The minimum atomic E-state index is -0.0474. The van der Waals surface area contributed by atoms with Crippen LogP contribution in [-0.2, 0) is 4.74 Å². The molecule has 0 amide bonds. The summed E-state index contributed by atoms with van der Waals surface area (Å²) in [6.45, 7) is 7.63. The molecule has 23 heavy (non-hydrogen) atoms. The second-order valence-corrected chi connectivity index (χ2v) is 8.06. The smallest absolute Gasteiger partial charge is 0.0692 e. The molecule has 0 saturated heterocycles. The minimum Gasteiger partial charge on any atom is -0.378 e. The SMILES string of the molecule is CCCCO[C@H]1CC[C@H]2C[C@H](C(C#N)(CC)CCC)CC[C@H]2C1. The average Bonchev–Trinajstić information content (AvgIpc) is 2.59. The van der Waals surface area contributed by atoms with E-state index in [0.717, 1.165) is 37.7 Å².